The zero-order valence-electron chi connectivity index (χ0n) is 12.1. The molecule has 2 aromatic rings. The van der Waals surface area contributed by atoms with Crippen molar-refractivity contribution in [2.24, 2.45) is 0 Å². The lowest BCUT2D eigenvalue weighted by atomic mass is 10.2. The van der Waals surface area contributed by atoms with Gasteiger partial charge in [0.25, 0.3) is 0 Å². The third kappa shape index (κ3) is 4.18. The summed E-state index contributed by atoms with van der Waals surface area (Å²) in [4.78, 5) is 10.8. The van der Waals surface area contributed by atoms with Crippen LogP contribution < -0.4 is 4.74 Å². The maximum atomic E-state index is 5.88. The van der Waals surface area contributed by atoms with Crippen molar-refractivity contribution in [2.75, 3.05) is 13.2 Å². The lowest BCUT2D eigenvalue weighted by Gasteiger charge is -2.24. The number of rotatable bonds is 5. The largest absolute Gasteiger partial charge is 0.476 e. The standard InChI is InChI=1S/C16H17BrClN3O/c17-14-9-12(6-7-19-14)10-21-8-2-3-13(21)11-22-16-5-1-4-15(18)20-16/h1,4-7,9,13H,2-3,8,10-11H2. The first-order valence-corrected chi connectivity index (χ1v) is 8.47. The van der Waals surface area contributed by atoms with E-state index in [1.165, 1.54) is 12.0 Å². The average molecular weight is 383 g/mol. The summed E-state index contributed by atoms with van der Waals surface area (Å²) in [6.07, 6.45) is 4.17. The molecule has 2 aromatic heterocycles. The van der Waals surface area contributed by atoms with Gasteiger partial charge in [0.2, 0.25) is 5.88 Å². The van der Waals surface area contributed by atoms with Crippen LogP contribution in [0.4, 0.5) is 0 Å². The van der Waals surface area contributed by atoms with Gasteiger partial charge in [0.15, 0.2) is 0 Å². The van der Waals surface area contributed by atoms with Gasteiger partial charge in [-0.15, -0.1) is 0 Å². The third-order valence-corrected chi connectivity index (χ3v) is 4.43. The van der Waals surface area contributed by atoms with Crippen LogP contribution in [0.1, 0.15) is 18.4 Å². The van der Waals surface area contributed by atoms with Crippen molar-refractivity contribution >= 4 is 27.5 Å². The fraction of sp³-hybridized carbons (Fsp3) is 0.375. The van der Waals surface area contributed by atoms with Gasteiger partial charge in [-0.25, -0.2) is 9.97 Å². The van der Waals surface area contributed by atoms with Crippen LogP contribution in [0.25, 0.3) is 0 Å². The molecule has 3 rings (SSSR count). The Labute approximate surface area is 143 Å². The molecule has 1 saturated heterocycles. The van der Waals surface area contributed by atoms with Gasteiger partial charge in [-0.3, -0.25) is 4.90 Å². The molecule has 6 heteroatoms. The summed E-state index contributed by atoms with van der Waals surface area (Å²) in [6.45, 7) is 2.65. The number of ether oxygens (including phenoxy) is 1. The molecule has 3 heterocycles. The number of hydrogen-bond donors (Lipinski definition) is 0. The highest BCUT2D eigenvalue weighted by molar-refractivity contribution is 9.10. The third-order valence-electron chi connectivity index (χ3n) is 3.79. The van der Waals surface area contributed by atoms with E-state index in [0.29, 0.717) is 23.7 Å². The summed E-state index contributed by atoms with van der Waals surface area (Å²) in [6, 6.07) is 9.97. The van der Waals surface area contributed by atoms with Gasteiger partial charge in [-0.2, -0.15) is 0 Å². The highest BCUT2D eigenvalue weighted by atomic mass is 79.9. The van der Waals surface area contributed by atoms with Crippen LogP contribution in [0.5, 0.6) is 5.88 Å². The van der Waals surface area contributed by atoms with E-state index in [-0.39, 0.29) is 0 Å². The predicted octanol–water partition coefficient (Wildman–Crippen LogP) is 3.94. The van der Waals surface area contributed by atoms with E-state index in [1.807, 2.05) is 18.3 Å². The molecule has 22 heavy (non-hydrogen) atoms. The number of hydrogen-bond acceptors (Lipinski definition) is 4. The highest BCUT2D eigenvalue weighted by Crippen LogP contribution is 2.22. The van der Waals surface area contributed by atoms with E-state index < -0.39 is 0 Å². The second-order valence-electron chi connectivity index (χ2n) is 5.36. The minimum absolute atomic E-state index is 0.410. The fourth-order valence-electron chi connectivity index (χ4n) is 2.72. The maximum absolute atomic E-state index is 5.88. The van der Waals surface area contributed by atoms with Gasteiger partial charge >= 0.3 is 0 Å². The summed E-state index contributed by atoms with van der Waals surface area (Å²) < 4.78 is 6.68. The Hall–Kier alpha value is -1.17. The monoisotopic (exact) mass is 381 g/mol. The Balaban J connectivity index is 1.58. The summed E-state index contributed by atoms with van der Waals surface area (Å²) in [5, 5.41) is 0.461. The number of nitrogens with zero attached hydrogens (tertiary/aromatic N) is 3. The van der Waals surface area contributed by atoms with Crippen LogP contribution in [0.3, 0.4) is 0 Å². The van der Waals surface area contributed by atoms with Crippen LogP contribution in [0.15, 0.2) is 41.1 Å². The molecule has 0 bridgehead atoms. The van der Waals surface area contributed by atoms with Crippen molar-refractivity contribution in [3.8, 4) is 5.88 Å². The van der Waals surface area contributed by atoms with Crippen LogP contribution in [-0.2, 0) is 6.54 Å². The summed E-state index contributed by atoms with van der Waals surface area (Å²) in [7, 11) is 0. The smallest absolute Gasteiger partial charge is 0.214 e. The van der Waals surface area contributed by atoms with E-state index in [1.54, 1.807) is 6.07 Å². The molecule has 0 aromatic carbocycles. The van der Waals surface area contributed by atoms with Crippen molar-refractivity contribution in [1.82, 2.24) is 14.9 Å². The first kappa shape index (κ1) is 15.7. The normalized spacial score (nSPS) is 18.5. The van der Waals surface area contributed by atoms with Crippen LogP contribution >= 0.6 is 27.5 Å². The molecule has 0 radical (unpaired) electrons. The maximum Gasteiger partial charge on any atom is 0.214 e. The van der Waals surface area contributed by atoms with Crippen LogP contribution in [0.2, 0.25) is 5.15 Å². The Bertz CT molecular complexity index is 640. The van der Waals surface area contributed by atoms with E-state index in [2.05, 4.69) is 42.9 Å². The second-order valence-corrected chi connectivity index (χ2v) is 6.56. The minimum atomic E-state index is 0.410. The first-order valence-electron chi connectivity index (χ1n) is 7.30. The molecule has 0 N–H and O–H groups in total. The van der Waals surface area contributed by atoms with Crippen molar-refractivity contribution in [3.05, 3.63) is 51.8 Å². The Morgan fingerprint density at radius 3 is 3.09 bits per heavy atom. The Morgan fingerprint density at radius 1 is 1.36 bits per heavy atom. The molecule has 1 aliphatic rings. The lowest BCUT2D eigenvalue weighted by Crippen LogP contribution is -2.33. The summed E-state index contributed by atoms with van der Waals surface area (Å²) in [5.74, 6) is 0.589. The van der Waals surface area contributed by atoms with E-state index in [4.69, 9.17) is 16.3 Å². The van der Waals surface area contributed by atoms with E-state index in [0.717, 1.165) is 24.1 Å². The molecule has 0 aliphatic carbocycles. The van der Waals surface area contributed by atoms with E-state index in [9.17, 15) is 0 Å². The topological polar surface area (TPSA) is 38.2 Å². The minimum Gasteiger partial charge on any atom is -0.476 e. The molecule has 0 saturated carbocycles. The van der Waals surface area contributed by atoms with Crippen molar-refractivity contribution in [3.63, 3.8) is 0 Å². The molecule has 0 amide bonds. The van der Waals surface area contributed by atoms with Gasteiger partial charge in [0, 0.05) is 24.8 Å². The first-order chi connectivity index (χ1) is 10.7. The average Bonchev–Trinajstić information content (AvgIpc) is 2.92. The van der Waals surface area contributed by atoms with Crippen molar-refractivity contribution in [1.29, 1.82) is 0 Å². The van der Waals surface area contributed by atoms with Crippen LogP contribution in [0, 0.1) is 0 Å². The molecule has 116 valence electrons. The number of halogens is 2. The van der Waals surface area contributed by atoms with Gasteiger partial charge < -0.3 is 4.74 Å². The predicted molar refractivity (Wildman–Crippen MR) is 90.1 cm³/mol. The molecular formula is C16H17BrClN3O. The quantitative estimate of drug-likeness (QED) is 0.734. The van der Waals surface area contributed by atoms with Crippen molar-refractivity contribution < 1.29 is 4.74 Å². The Kier molecular flexibility index (Phi) is 5.28. The number of pyridine rings is 2. The lowest BCUT2D eigenvalue weighted by molar-refractivity contribution is 0.163. The zero-order chi connectivity index (χ0) is 15.4. The molecule has 4 nitrogen and oxygen atoms in total. The van der Waals surface area contributed by atoms with Crippen molar-refractivity contribution in [2.45, 2.75) is 25.4 Å². The molecule has 1 unspecified atom stereocenters. The SMILES string of the molecule is Clc1cccc(OCC2CCCN2Cc2ccnc(Br)c2)n1. The van der Waals surface area contributed by atoms with Gasteiger partial charge in [-0.1, -0.05) is 17.7 Å². The zero-order valence-corrected chi connectivity index (χ0v) is 14.4. The van der Waals surface area contributed by atoms with Gasteiger partial charge in [0.1, 0.15) is 16.4 Å². The Morgan fingerprint density at radius 2 is 2.27 bits per heavy atom. The number of aromatic nitrogens is 2. The second kappa shape index (κ2) is 7.40. The summed E-state index contributed by atoms with van der Waals surface area (Å²) in [5.41, 5.74) is 1.26. The van der Waals surface area contributed by atoms with Gasteiger partial charge in [-0.05, 0) is 59.1 Å². The van der Waals surface area contributed by atoms with E-state index >= 15 is 0 Å². The molecule has 0 spiro atoms. The van der Waals surface area contributed by atoms with Crippen LogP contribution in [-0.4, -0.2) is 34.1 Å². The molecule has 1 atom stereocenters. The fourth-order valence-corrected chi connectivity index (χ4v) is 3.29. The summed E-state index contributed by atoms with van der Waals surface area (Å²) >= 11 is 9.30. The molecule has 1 aliphatic heterocycles. The van der Waals surface area contributed by atoms with Gasteiger partial charge in [0.05, 0.1) is 0 Å². The molecule has 1 fully saturated rings. The molecular weight excluding hydrogens is 366 g/mol. The highest BCUT2D eigenvalue weighted by Gasteiger charge is 2.25. The number of likely N-dealkylation sites (tertiary alicyclic amines) is 1.